The Kier molecular flexibility index (Phi) is 9.56. The summed E-state index contributed by atoms with van der Waals surface area (Å²) >= 11 is 3.16. The van der Waals surface area contributed by atoms with Crippen LogP contribution in [-0.2, 0) is 13.0 Å². The maximum absolute atomic E-state index is 13.5. The molecule has 8 nitrogen and oxygen atoms in total. The summed E-state index contributed by atoms with van der Waals surface area (Å²) in [7, 11) is 0. The smallest absolute Gasteiger partial charge is 0.254 e. The standard InChI is InChI=1S/C31H35N5O3S2/c1-20-18-40-28(33-20)17-32-16-27(37)25(14-22-8-4-3-5-9-22)35-29(38)23-10-6-11-24(15-23)31(39)36-13-7-12-26(36)30-34-21(2)19-41-30/h3-6,8-11,15,18-19,25-27,32,37H,7,12-14,16-17H2,1-2H3,(H,35,38)/t25-,26+,27+/m0/s1. The van der Waals surface area contributed by atoms with Crippen molar-refractivity contribution in [1.29, 1.82) is 0 Å². The van der Waals surface area contributed by atoms with Crippen molar-refractivity contribution in [3.8, 4) is 0 Å². The summed E-state index contributed by atoms with van der Waals surface area (Å²) < 4.78 is 0. The summed E-state index contributed by atoms with van der Waals surface area (Å²) in [4.78, 5) is 37.9. The van der Waals surface area contributed by atoms with Crippen LogP contribution in [0.3, 0.4) is 0 Å². The zero-order valence-corrected chi connectivity index (χ0v) is 24.9. The van der Waals surface area contributed by atoms with Crippen molar-refractivity contribution >= 4 is 34.5 Å². The van der Waals surface area contributed by atoms with Crippen LogP contribution < -0.4 is 10.6 Å². The van der Waals surface area contributed by atoms with Gasteiger partial charge in [0.2, 0.25) is 0 Å². The molecule has 0 saturated carbocycles. The Balaban J connectivity index is 1.27. The van der Waals surface area contributed by atoms with Crippen LogP contribution in [0, 0.1) is 13.8 Å². The molecule has 2 amide bonds. The second-order valence-corrected chi connectivity index (χ2v) is 12.2. The minimum absolute atomic E-state index is 0.0372. The monoisotopic (exact) mass is 589 g/mol. The lowest BCUT2D eigenvalue weighted by Gasteiger charge is -2.25. The summed E-state index contributed by atoms with van der Waals surface area (Å²) in [5.74, 6) is -0.429. The van der Waals surface area contributed by atoms with Gasteiger partial charge in [-0.15, -0.1) is 22.7 Å². The summed E-state index contributed by atoms with van der Waals surface area (Å²) in [6, 6.07) is 16.0. The van der Waals surface area contributed by atoms with Gasteiger partial charge >= 0.3 is 0 Å². The van der Waals surface area contributed by atoms with Crippen LogP contribution in [0.1, 0.15) is 66.6 Å². The molecular formula is C31H35N5O3S2. The number of benzene rings is 2. The van der Waals surface area contributed by atoms with E-state index in [-0.39, 0.29) is 17.9 Å². The van der Waals surface area contributed by atoms with Crippen molar-refractivity contribution in [3.63, 3.8) is 0 Å². The topological polar surface area (TPSA) is 107 Å². The Morgan fingerprint density at radius 1 is 1.02 bits per heavy atom. The number of aliphatic hydroxyl groups is 1. The minimum Gasteiger partial charge on any atom is -0.390 e. The number of nitrogens with zero attached hydrogens (tertiary/aromatic N) is 3. The highest BCUT2D eigenvalue weighted by Crippen LogP contribution is 2.34. The molecule has 0 unspecified atom stereocenters. The Bertz CT molecular complexity index is 1470. The molecule has 10 heteroatoms. The molecule has 1 fully saturated rings. The van der Waals surface area contributed by atoms with Gasteiger partial charge in [0.1, 0.15) is 10.0 Å². The fourth-order valence-electron chi connectivity index (χ4n) is 5.11. The summed E-state index contributed by atoms with van der Waals surface area (Å²) in [5.41, 5.74) is 3.80. The normalized spacial score (nSPS) is 16.5. The van der Waals surface area contributed by atoms with Gasteiger partial charge in [-0.1, -0.05) is 36.4 Å². The molecule has 0 radical (unpaired) electrons. The van der Waals surface area contributed by atoms with Crippen molar-refractivity contribution in [1.82, 2.24) is 25.5 Å². The number of hydrogen-bond donors (Lipinski definition) is 3. The molecule has 3 N–H and O–H groups in total. The first-order valence-corrected chi connectivity index (χ1v) is 15.6. The molecule has 214 valence electrons. The molecule has 2 aromatic heterocycles. The van der Waals surface area contributed by atoms with Crippen LogP contribution in [0.4, 0.5) is 0 Å². The minimum atomic E-state index is -0.836. The molecule has 1 saturated heterocycles. The predicted octanol–water partition coefficient (Wildman–Crippen LogP) is 4.69. The van der Waals surface area contributed by atoms with Gasteiger partial charge in [-0.25, -0.2) is 9.97 Å². The number of carbonyl (C=O) groups excluding carboxylic acids is 2. The van der Waals surface area contributed by atoms with Crippen LogP contribution in [0.2, 0.25) is 0 Å². The summed E-state index contributed by atoms with van der Waals surface area (Å²) in [6.07, 6.45) is 1.43. The fourth-order valence-corrected chi connectivity index (χ4v) is 6.79. The van der Waals surface area contributed by atoms with Crippen LogP contribution >= 0.6 is 22.7 Å². The van der Waals surface area contributed by atoms with E-state index in [1.165, 1.54) is 0 Å². The SMILES string of the molecule is Cc1csc(CNC[C@@H](O)[C@H](Cc2ccccc2)NC(=O)c2cccc(C(=O)N3CCC[C@@H]3c3nc(C)cs3)c2)n1. The fraction of sp³-hybridized carbons (Fsp3) is 0.355. The number of rotatable bonds is 11. The predicted molar refractivity (Wildman–Crippen MR) is 162 cm³/mol. The number of nitrogens with one attached hydrogen (secondary N) is 2. The van der Waals surface area contributed by atoms with Gasteiger partial charge in [-0.2, -0.15) is 0 Å². The molecule has 0 aliphatic carbocycles. The van der Waals surface area contributed by atoms with Gasteiger partial charge in [-0.05, 0) is 56.9 Å². The Hall–Kier alpha value is -3.44. The van der Waals surface area contributed by atoms with Crippen molar-refractivity contribution in [3.05, 3.63) is 103 Å². The van der Waals surface area contributed by atoms with Crippen molar-refractivity contribution < 1.29 is 14.7 Å². The molecule has 4 aromatic rings. The molecule has 0 bridgehead atoms. The van der Waals surface area contributed by atoms with Crippen LogP contribution in [-0.4, -0.2) is 57.0 Å². The molecule has 5 rings (SSSR count). The van der Waals surface area contributed by atoms with Crippen molar-refractivity contribution in [2.75, 3.05) is 13.1 Å². The van der Waals surface area contributed by atoms with Gasteiger partial charge < -0.3 is 20.6 Å². The van der Waals surface area contributed by atoms with Gasteiger partial charge in [0.05, 0.1) is 18.2 Å². The maximum atomic E-state index is 13.5. The largest absolute Gasteiger partial charge is 0.390 e. The quantitative estimate of drug-likeness (QED) is 0.234. The van der Waals surface area contributed by atoms with Crippen LogP contribution in [0.15, 0.2) is 65.4 Å². The molecule has 1 aliphatic rings. The third kappa shape index (κ3) is 7.45. The van der Waals surface area contributed by atoms with Gasteiger partial charge in [0, 0.05) is 52.9 Å². The number of hydrogen-bond acceptors (Lipinski definition) is 8. The third-order valence-electron chi connectivity index (χ3n) is 7.18. The zero-order chi connectivity index (χ0) is 28.8. The van der Waals surface area contributed by atoms with E-state index in [1.807, 2.05) is 59.8 Å². The molecule has 3 atom stereocenters. The van der Waals surface area contributed by atoms with E-state index < -0.39 is 12.1 Å². The van der Waals surface area contributed by atoms with E-state index in [0.717, 1.165) is 39.8 Å². The molecule has 41 heavy (non-hydrogen) atoms. The Morgan fingerprint density at radius 3 is 2.51 bits per heavy atom. The first-order chi connectivity index (χ1) is 19.9. The highest BCUT2D eigenvalue weighted by molar-refractivity contribution is 7.10. The molecule has 1 aliphatic heterocycles. The number of amides is 2. The number of aromatic nitrogens is 2. The molecule has 2 aromatic carbocycles. The number of thiazole rings is 2. The number of aryl methyl sites for hydroxylation is 2. The second-order valence-electron chi connectivity index (χ2n) is 10.4. The third-order valence-corrected chi connectivity index (χ3v) is 9.21. The number of likely N-dealkylation sites (tertiary alicyclic amines) is 1. The van der Waals surface area contributed by atoms with E-state index in [1.54, 1.807) is 46.9 Å². The molecule has 0 spiro atoms. The van der Waals surface area contributed by atoms with E-state index in [0.29, 0.717) is 37.2 Å². The van der Waals surface area contributed by atoms with Crippen LogP contribution in [0.25, 0.3) is 0 Å². The number of aliphatic hydroxyl groups excluding tert-OH is 1. The van der Waals surface area contributed by atoms with E-state index in [9.17, 15) is 14.7 Å². The average Bonchev–Trinajstić information content (AvgIpc) is 3.74. The van der Waals surface area contributed by atoms with E-state index >= 15 is 0 Å². The van der Waals surface area contributed by atoms with Crippen molar-refractivity contribution in [2.45, 2.75) is 57.8 Å². The molecule has 3 heterocycles. The lowest BCUT2D eigenvalue weighted by molar-refractivity contribution is 0.0735. The van der Waals surface area contributed by atoms with E-state index in [2.05, 4.69) is 20.6 Å². The lowest BCUT2D eigenvalue weighted by Crippen LogP contribution is -2.48. The highest BCUT2D eigenvalue weighted by atomic mass is 32.1. The maximum Gasteiger partial charge on any atom is 0.254 e. The van der Waals surface area contributed by atoms with E-state index in [4.69, 9.17) is 0 Å². The first-order valence-electron chi connectivity index (χ1n) is 13.8. The lowest BCUT2D eigenvalue weighted by atomic mass is 10.00. The van der Waals surface area contributed by atoms with Crippen molar-refractivity contribution in [2.24, 2.45) is 0 Å². The number of carbonyl (C=O) groups is 2. The van der Waals surface area contributed by atoms with Gasteiger partial charge in [-0.3, -0.25) is 9.59 Å². The Labute approximate surface area is 248 Å². The first kappa shape index (κ1) is 29.1. The second kappa shape index (κ2) is 13.5. The molecular weight excluding hydrogens is 555 g/mol. The van der Waals surface area contributed by atoms with Gasteiger partial charge in [0.25, 0.3) is 11.8 Å². The zero-order valence-electron chi connectivity index (χ0n) is 23.2. The Morgan fingerprint density at radius 2 is 1.78 bits per heavy atom. The highest BCUT2D eigenvalue weighted by Gasteiger charge is 2.33. The average molecular weight is 590 g/mol. The summed E-state index contributed by atoms with van der Waals surface area (Å²) in [6.45, 7) is 5.42. The van der Waals surface area contributed by atoms with Gasteiger partial charge in [0.15, 0.2) is 0 Å². The summed E-state index contributed by atoms with van der Waals surface area (Å²) in [5, 5.41) is 23.3. The van der Waals surface area contributed by atoms with Crippen LogP contribution in [0.5, 0.6) is 0 Å².